The van der Waals surface area contributed by atoms with Crippen molar-refractivity contribution in [2.45, 2.75) is 58.3 Å². The van der Waals surface area contributed by atoms with Crippen LogP contribution in [0.25, 0.3) is 0 Å². The molecule has 3 heteroatoms. The van der Waals surface area contributed by atoms with Crippen LogP contribution in [-0.4, -0.2) is 37.5 Å². The smallest absolute Gasteiger partial charge is 0.229 e. The molecule has 19 heavy (non-hydrogen) atoms. The fraction of sp³-hybridized carbons (Fsp3) is 0.938. The molecule has 0 aromatic heterocycles. The van der Waals surface area contributed by atoms with Crippen LogP contribution < -0.4 is 5.32 Å². The van der Waals surface area contributed by atoms with E-state index >= 15 is 0 Å². The molecule has 1 aliphatic carbocycles. The molecule has 3 nitrogen and oxygen atoms in total. The molecule has 0 radical (unpaired) electrons. The Hall–Kier alpha value is -0.570. The molecule has 1 saturated heterocycles. The summed E-state index contributed by atoms with van der Waals surface area (Å²) in [6, 6.07) is 0. The Morgan fingerprint density at radius 1 is 1.26 bits per heavy atom. The van der Waals surface area contributed by atoms with Gasteiger partial charge in [-0.3, -0.25) is 4.79 Å². The van der Waals surface area contributed by atoms with Crippen molar-refractivity contribution in [3.05, 3.63) is 0 Å². The van der Waals surface area contributed by atoms with Gasteiger partial charge < -0.3 is 10.2 Å². The Morgan fingerprint density at radius 2 is 2.00 bits per heavy atom. The van der Waals surface area contributed by atoms with Gasteiger partial charge in [0.05, 0.1) is 5.41 Å². The van der Waals surface area contributed by atoms with Crippen molar-refractivity contribution in [2.24, 2.45) is 11.3 Å². The first-order chi connectivity index (χ1) is 9.18. The van der Waals surface area contributed by atoms with Crippen molar-refractivity contribution in [1.29, 1.82) is 0 Å². The van der Waals surface area contributed by atoms with Crippen molar-refractivity contribution in [1.82, 2.24) is 10.2 Å². The van der Waals surface area contributed by atoms with Gasteiger partial charge in [0, 0.05) is 20.1 Å². The number of amides is 1. The van der Waals surface area contributed by atoms with Crippen LogP contribution in [-0.2, 0) is 4.79 Å². The molecule has 1 aliphatic heterocycles. The standard InChI is InChI=1S/C16H30N2O/c1-3-16(10-7-11-17-13-16)15(19)18(2)12-14-8-5-4-6-9-14/h14,17H,3-13H2,1-2H3. The van der Waals surface area contributed by atoms with Crippen LogP contribution >= 0.6 is 0 Å². The van der Waals surface area contributed by atoms with Crippen LogP contribution in [0.15, 0.2) is 0 Å². The molecule has 0 bridgehead atoms. The summed E-state index contributed by atoms with van der Waals surface area (Å²) >= 11 is 0. The number of piperidine rings is 1. The zero-order valence-corrected chi connectivity index (χ0v) is 12.7. The van der Waals surface area contributed by atoms with Gasteiger partial charge in [-0.1, -0.05) is 26.2 Å². The van der Waals surface area contributed by atoms with Gasteiger partial charge in [-0.05, 0) is 44.6 Å². The molecule has 0 aromatic rings. The normalized spacial score (nSPS) is 29.2. The molecule has 1 N–H and O–H groups in total. The monoisotopic (exact) mass is 266 g/mol. The van der Waals surface area contributed by atoms with Crippen LogP contribution in [0.3, 0.4) is 0 Å². The summed E-state index contributed by atoms with van der Waals surface area (Å²) < 4.78 is 0. The van der Waals surface area contributed by atoms with Crippen molar-refractivity contribution in [3.8, 4) is 0 Å². The third kappa shape index (κ3) is 3.50. The van der Waals surface area contributed by atoms with E-state index in [1.54, 1.807) is 0 Å². The summed E-state index contributed by atoms with van der Waals surface area (Å²) in [4.78, 5) is 14.8. The minimum absolute atomic E-state index is 0.123. The highest BCUT2D eigenvalue weighted by Crippen LogP contribution is 2.33. The van der Waals surface area contributed by atoms with Crippen LogP contribution in [0.4, 0.5) is 0 Å². The molecule has 2 aliphatic rings. The van der Waals surface area contributed by atoms with Crippen LogP contribution in [0, 0.1) is 11.3 Å². The Morgan fingerprint density at radius 3 is 2.58 bits per heavy atom. The second kappa shape index (κ2) is 6.74. The molecule has 110 valence electrons. The summed E-state index contributed by atoms with van der Waals surface area (Å²) in [6.07, 6.45) is 9.89. The lowest BCUT2D eigenvalue weighted by Gasteiger charge is -2.39. The van der Waals surface area contributed by atoms with E-state index < -0.39 is 0 Å². The highest BCUT2D eigenvalue weighted by Gasteiger charge is 2.39. The largest absolute Gasteiger partial charge is 0.345 e. The summed E-state index contributed by atoms with van der Waals surface area (Å²) in [5.74, 6) is 1.13. The highest BCUT2D eigenvalue weighted by molar-refractivity contribution is 5.83. The van der Waals surface area contributed by atoms with E-state index in [9.17, 15) is 4.79 Å². The first-order valence-corrected chi connectivity index (χ1v) is 8.14. The van der Waals surface area contributed by atoms with Gasteiger partial charge in [0.1, 0.15) is 0 Å². The Kier molecular flexibility index (Phi) is 5.26. The van der Waals surface area contributed by atoms with E-state index in [1.807, 2.05) is 11.9 Å². The average molecular weight is 266 g/mol. The average Bonchev–Trinajstić information content (AvgIpc) is 2.48. The predicted molar refractivity (Wildman–Crippen MR) is 79.0 cm³/mol. The quantitative estimate of drug-likeness (QED) is 0.848. The van der Waals surface area contributed by atoms with E-state index in [1.165, 1.54) is 32.1 Å². The van der Waals surface area contributed by atoms with Crippen molar-refractivity contribution in [3.63, 3.8) is 0 Å². The fourth-order valence-corrected chi connectivity index (χ4v) is 3.85. The lowest BCUT2D eigenvalue weighted by Crippen LogP contribution is -2.51. The van der Waals surface area contributed by atoms with E-state index in [0.717, 1.165) is 44.8 Å². The van der Waals surface area contributed by atoms with Gasteiger partial charge in [0.15, 0.2) is 0 Å². The number of nitrogens with zero attached hydrogens (tertiary/aromatic N) is 1. The number of hydrogen-bond acceptors (Lipinski definition) is 2. The number of hydrogen-bond donors (Lipinski definition) is 1. The highest BCUT2D eigenvalue weighted by atomic mass is 16.2. The summed E-state index contributed by atoms with van der Waals surface area (Å²) in [5, 5.41) is 3.42. The molecule has 0 spiro atoms. The minimum atomic E-state index is -0.123. The van der Waals surface area contributed by atoms with Crippen molar-refractivity contribution in [2.75, 3.05) is 26.7 Å². The second-order valence-electron chi connectivity index (χ2n) is 6.60. The number of carbonyl (C=O) groups excluding carboxylic acids is 1. The second-order valence-corrected chi connectivity index (χ2v) is 6.60. The number of rotatable bonds is 4. The predicted octanol–water partition coefficient (Wildman–Crippen LogP) is 2.80. The van der Waals surface area contributed by atoms with Gasteiger partial charge in [0.25, 0.3) is 0 Å². The van der Waals surface area contributed by atoms with Gasteiger partial charge >= 0.3 is 0 Å². The van der Waals surface area contributed by atoms with Gasteiger partial charge in [-0.2, -0.15) is 0 Å². The Balaban J connectivity index is 1.92. The van der Waals surface area contributed by atoms with Crippen LogP contribution in [0.1, 0.15) is 58.3 Å². The maximum absolute atomic E-state index is 12.8. The molecule has 1 atom stereocenters. The van der Waals surface area contributed by atoms with Crippen molar-refractivity contribution >= 4 is 5.91 Å². The first-order valence-electron chi connectivity index (χ1n) is 8.14. The minimum Gasteiger partial charge on any atom is -0.345 e. The molecule has 1 heterocycles. The van der Waals surface area contributed by atoms with Crippen molar-refractivity contribution < 1.29 is 4.79 Å². The Bertz CT molecular complexity index is 291. The molecule has 2 rings (SSSR count). The molecule has 1 saturated carbocycles. The number of nitrogens with one attached hydrogen (secondary N) is 1. The fourth-order valence-electron chi connectivity index (χ4n) is 3.85. The van der Waals surface area contributed by atoms with Crippen LogP contribution in [0.2, 0.25) is 0 Å². The third-order valence-corrected chi connectivity index (χ3v) is 5.21. The molecule has 2 fully saturated rings. The zero-order chi connectivity index (χ0) is 13.7. The van der Waals surface area contributed by atoms with Gasteiger partial charge in [0.2, 0.25) is 5.91 Å². The van der Waals surface area contributed by atoms with E-state index in [0.29, 0.717) is 5.91 Å². The maximum atomic E-state index is 12.8. The van der Waals surface area contributed by atoms with Gasteiger partial charge in [-0.25, -0.2) is 0 Å². The summed E-state index contributed by atoms with van der Waals surface area (Å²) in [5.41, 5.74) is -0.123. The van der Waals surface area contributed by atoms with Gasteiger partial charge in [-0.15, -0.1) is 0 Å². The maximum Gasteiger partial charge on any atom is 0.229 e. The topological polar surface area (TPSA) is 32.3 Å². The molecular formula is C16H30N2O. The lowest BCUT2D eigenvalue weighted by molar-refractivity contribution is -0.143. The SMILES string of the molecule is CCC1(C(=O)N(C)CC2CCCCC2)CCCNC1. The first kappa shape index (κ1) is 14.8. The van der Waals surface area contributed by atoms with E-state index in [-0.39, 0.29) is 5.41 Å². The molecule has 1 amide bonds. The third-order valence-electron chi connectivity index (χ3n) is 5.21. The molecule has 0 aromatic carbocycles. The zero-order valence-electron chi connectivity index (χ0n) is 12.7. The van der Waals surface area contributed by atoms with E-state index in [4.69, 9.17) is 0 Å². The molecular weight excluding hydrogens is 236 g/mol. The Labute approximate surface area is 118 Å². The number of carbonyl (C=O) groups is 1. The summed E-state index contributed by atoms with van der Waals surface area (Å²) in [7, 11) is 2.02. The lowest BCUT2D eigenvalue weighted by atomic mass is 9.77. The molecule has 1 unspecified atom stereocenters. The van der Waals surface area contributed by atoms with E-state index in [2.05, 4.69) is 12.2 Å². The van der Waals surface area contributed by atoms with Crippen LogP contribution in [0.5, 0.6) is 0 Å². The summed E-state index contributed by atoms with van der Waals surface area (Å²) in [6.45, 7) is 5.08.